The van der Waals surface area contributed by atoms with Crippen LogP contribution in [0.25, 0.3) is 0 Å². The van der Waals surface area contributed by atoms with Gasteiger partial charge in [-0.15, -0.1) is 0 Å². The fourth-order valence-corrected chi connectivity index (χ4v) is 4.81. The van der Waals surface area contributed by atoms with Crippen LogP contribution in [0.2, 0.25) is 0 Å². The Labute approximate surface area is 167 Å². The van der Waals surface area contributed by atoms with Crippen molar-refractivity contribution in [3.63, 3.8) is 0 Å². The van der Waals surface area contributed by atoms with Gasteiger partial charge in [-0.1, -0.05) is 31.9 Å². The standard InChI is InChI=1S/C22H36F2O4/c1-3-4-14-21(23,24)22(27)15-8-10-18-17(12-13-19(18)28-22)16(2)9-6-5-7-11-20(25)26/h17-19,27H,2-15H2,1H3,(H,25,26)/t17-,18?,19-,22?/m1/s1. The van der Waals surface area contributed by atoms with Crippen LogP contribution < -0.4 is 0 Å². The number of rotatable bonds is 11. The number of aliphatic carboxylic acids is 1. The maximum atomic E-state index is 14.6. The van der Waals surface area contributed by atoms with E-state index in [4.69, 9.17) is 9.84 Å². The van der Waals surface area contributed by atoms with E-state index in [2.05, 4.69) is 6.58 Å². The maximum absolute atomic E-state index is 14.6. The second-order valence-corrected chi connectivity index (χ2v) is 8.60. The third-order valence-electron chi connectivity index (χ3n) is 6.48. The molecule has 0 amide bonds. The third-order valence-corrected chi connectivity index (χ3v) is 6.48. The summed E-state index contributed by atoms with van der Waals surface area (Å²) in [5.41, 5.74) is 1.12. The van der Waals surface area contributed by atoms with Crippen molar-refractivity contribution in [2.75, 3.05) is 0 Å². The van der Waals surface area contributed by atoms with Crippen molar-refractivity contribution in [1.29, 1.82) is 0 Å². The Morgan fingerprint density at radius 1 is 1.18 bits per heavy atom. The van der Waals surface area contributed by atoms with Crippen LogP contribution in [0.15, 0.2) is 12.2 Å². The first kappa shape index (κ1) is 23.3. The molecule has 6 heteroatoms. The average molecular weight is 403 g/mol. The molecule has 0 aromatic carbocycles. The normalized spacial score (nSPS) is 30.6. The molecule has 1 heterocycles. The lowest BCUT2D eigenvalue weighted by molar-refractivity contribution is -0.336. The van der Waals surface area contributed by atoms with Crippen molar-refractivity contribution in [3.8, 4) is 0 Å². The molecule has 0 aromatic heterocycles. The molecule has 2 fully saturated rings. The molecule has 28 heavy (non-hydrogen) atoms. The molecule has 2 unspecified atom stereocenters. The van der Waals surface area contributed by atoms with Crippen LogP contribution in [0, 0.1) is 11.8 Å². The van der Waals surface area contributed by atoms with Crippen LogP contribution in [0.1, 0.15) is 90.4 Å². The van der Waals surface area contributed by atoms with E-state index < -0.39 is 17.7 Å². The lowest BCUT2D eigenvalue weighted by Gasteiger charge is -2.37. The number of aliphatic hydroxyl groups is 1. The maximum Gasteiger partial charge on any atom is 0.303 e. The average Bonchev–Trinajstić information content (AvgIpc) is 2.92. The number of carboxylic acids is 1. The number of ether oxygens (including phenoxy) is 1. The Morgan fingerprint density at radius 2 is 1.89 bits per heavy atom. The number of fused-ring (bicyclic) bond motifs is 1. The van der Waals surface area contributed by atoms with Gasteiger partial charge in [-0.25, -0.2) is 8.78 Å². The molecule has 2 rings (SSSR count). The highest BCUT2D eigenvalue weighted by Crippen LogP contribution is 2.49. The Hall–Kier alpha value is -1.01. The van der Waals surface area contributed by atoms with Crippen molar-refractivity contribution in [2.45, 2.75) is 108 Å². The molecule has 1 aliphatic heterocycles. The molecule has 0 spiro atoms. The first-order chi connectivity index (χ1) is 13.2. The fraction of sp³-hybridized carbons (Fsp3) is 0.864. The van der Waals surface area contributed by atoms with Crippen LogP contribution >= 0.6 is 0 Å². The zero-order chi connectivity index (χ0) is 20.8. The van der Waals surface area contributed by atoms with E-state index in [1.165, 1.54) is 0 Å². The fourth-order valence-electron chi connectivity index (χ4n) is 4.81. The minimum atomic E-state index is -3.23. The number of hydrogen-bond donors (Lipinski definition) is 2. The van der Waals surface area contributed by atoms with E-state index >= 15 is 0 Å². The van der Waals surface area contributed by atoms with Crippen LogP contribution in [0.5, 0.6) is 0 Å². The van der Waals surface area contributed by atoms with Gasteiger partial charge in [0.15, 0.2) is 0 Å². The van der Waals surface area contributed by atoms with E-state index in [9.17, 15) is 18.7 Å². The second kappa shape index (κ2) is 10.1. The lowest BCUT2D eigenvalue weighted by Crippen LogP contribution is -2.51. The molecule has 2 aliphatic rings. The number of alkyl halides is 2. The number of carbonyl (C=O) groups is 1. The molecule has 1 aliphatic carbocycles. The molecule has 1 saturated carbocycles. The zero-order valence-corrected chi connectivity index (χ0v) is 17.1. The van der Waals surface area contributed by atoms with Crippen molar-refractivity contribution in [3.05, 3.63) is 12.2 Å². The summed E-state index contributed by atoms with van der Waals surface area (Å²) in [5, 5.41) is 19.4. The van der Waals surface area contributed by atoms with Gasteiger partial charge in [0.25, 0.3) is 0 Å². The number of halogens is 2. The Bertz CT molecular complexity index is 537. The number of carboxylic acid groups (broad SMARTS) is 1. The summed E-state index contributed by atoms with van der Waals surface area (Å²) in [4.78, 5) is 10.6. The summed E-state index contributed by atoms with van der Waals surface area (Å²) in [5.74, 6) is -5.96. The zero-order valence-electron chi connectivity index (χ0n) is 17.1. The largest absolute Gasteiger partial charge is 0.481 e. The Kier molecular flexibility index (Phi) is 8.44. The molecule has 0 radical (unpaired) electrons. The minimum absolute atomic E-state index is 0.0227. The molecular formula is C22H36F2O4. The van der Waals surface area contributed by atoms with Crippen LogP contribution in [0.4, 0.5) is 8.78 Å². The van der Waals surface area contributed by atoms with Gasteiger partial charge in [0.1, 0.15) is 0 Å². The Balaban J connectivity index is 1.90. The molecule has 2 N–H and O–H groups in total. The van der Waals surface area contributed by atoms with E-state index in [-0.39, 0.29) is 37.2 Å². The van der Waals surface area contributed by atoms with Crippen molar-refractivity contribution in [1.82, 2.24) is 0 Å². The van der Waals surface area contributed by atoms with E-state index in [0.717, 1.165) is 37.7 Å². The van der Waals surface area contributed by atoms with Gasteiger partial charge in [0.05, 0.1) is 6.10 Å². The molecule has 0 aromatic rings. The highest BCUT2D eigenvalue weighted by Gasteiger charge is 2.57. The van der Waals surface area contributed by atoms with Crippen LogP contribution in [-0.4, -0.2) is 34.0 Å². The second-order valence-electron chi connectivity index (χ2n) is 8.60. The van der Waals surface area contributed by atoms with Crippen LogP contribution in [0.3, 0.4) is 0 Å². The summed E-state index contributed by atoms with van der Waals surface area (Å²) >= 11 is 0. The van der Waals surface area contributed by atoms with Gasteiger partial charge >= 0.3 is 11.9 Å². The smallest absolute Gasteiger partial charge is 0.303 e. The third kappa shape index (κ3) is 5.76. The molecule has 1 saturated heterocycles. The van der Waals surface area contributed by atoms with Gasteiger partial charge in [-0.2, -0.15) is 0 Å². The number of hydrogen-bond acceptors (Lipinski definition) is 3. The Morgan fingerprint density at radius 3 is 2.57 bits per heavy atom. The van der Waals surface area contributed by atoms with E-state index in [1.807, 2.05) is 6.92 Å². The highest BCUT2D eigenvalue weighted by atomic mass is 19.3. The minimum Gasteiger partial charge on any atom is -0.481 e. The van der Waals surface area contributed by atoms with E-state index in [0.29, 0.717) is 32.1 Å². The molecule has 162 valence electrons. The topological polar surface area (TPSA) is 66.8 Å². The molecule has 4 nitrogen and oxygen atoms in total. The molecule has 4 atom stereocenters. The van der Waals surface area contributed by atoms with Gasteiger partial charge in [0.2, 0.25) is 5.79 Å². The lowest BCUT2D eigenvalue weighted by atomic mass is 9.83. The van der Waals surface area contributed by atoms with Crippen molar-refractivity contribution >= 4 is 5.97 Å². The van der Waals surface area contributed by atoms with E-state index in [1.54, 1.807) is 0 Å². The summed E-state index contributed by atoms with van der Waals surface area (Å²) in [7, 11) is 0. The van der Waals surface area contributed by atoms with Gasteiger partial charge in [-0.3, -0.25) is 4.79 Å². The first-order valence-corrected chi connectivity index (χ1v) is 10.9. The van der Waals surface area contributed by atoms with Gasteiger partial charge < -0.3 is 14.9 Å². The predicted molar refractivity (Wildman–Crippen MR) is 104 cm³/mol. The summed E-state index contributed by atoms with van der Waals surface area (Å²) < 4.78 is 35.0. The van der Waals surface area contributed by atoms with Gasteiger partial charge in [-0.05, 0) is 63.2 Å². The first-order valence-electron chi connectivity index (χ1n) is 10.9. The van der Waals surface area contributed by atoms with Crippen molar-refractivity contribution in [2.24, 2.45) is 11.8 Å². The summed E-state index contributed by atoms with van der Waals surface area (Å²) in [6.07, 6.45) is 6.63. The van der Waals surface area contributed by atoms with Crippen LogP contribution in [-0.2, 0) is 9.53 Å². The number of allylic oxidation sites excluding steroid dienone is 1. The summed E-state index contributed by atoms with van der Waals surface area (Å²) in [6.45, 7) is 6.09. The SMILES string of the molecule is C=C(CCCCCC(=O)O)[C@H]1CC[C@H]2OC(O)(C(F)(F)CCCC)CCCC12. The molecule has 0 bridgehead atoms. The monoisotopic (exact) mass is 402 g/mol. The van der Waals surface area contributed by atoms with Gasteiger partial charge in [0, 0.05) is 19.3 Å². The number of unbranched alkanes of at least 4 members (excludes halogenated alkanes) is 3. The molecular weight excluding hydrogens is 366 g/mol. The highest BCUT2D eigenvalue weighted by molar-refractivity contribution is 5.66. The summed E-state index contributed by atoms with van der Waals surface area (Å²) in [6, 6.07) is 0. The van der Waals surface area contributed by atoms with Crippen molar-refractivity contribution < 1.29 is 28.5 Å². The quantitative estimate of drug-likeness (QED) is 0.344. The predicted octanol–water partition coefficient (Wildman–Crippen LogP) is 5.69.